The molecule has 3 rings (SSSR count). The Hall–Kier alpha value is -2.60. The third-order valence-electron chi connectivity index (χ3n) is 5.58. The maximum absolute atomic E-state index is 5.64. The summed E-state index contributed by atoms with van der Waals surface area (Å²) in [6.07, 6.45) is 3.08. The van der Waals surface area contributed by atoms with E-state index in [1.807, 2.05) is 12.3 Å². The average molecular weight is 424 g/mol. The van der Waals surface area contributed by atoms with Gasteiger partial charge in [-0.3, -0.25) is 4.99 Å². The Bertz CT molecular complexity index is 857. The van der Waals surface area contributed by atoms with Gasteiger partial charge in [-0.1, -0.05) is 45.0 Å². The molecule has 168 valence electrons. The minimum absolute atomic E-state index is 0.190. The van der Waals surface area contributed by atoms with E-state index in [1.54, 1.807) is 7.05 Å². The Labute approximate surface area is 187 Å². The molecule has 1 saturated heterocycles. The molecule has 2 heterocycles. The third kappa shape index (κ3) is 6.96. The highest BCUT2D eigenvalue weighted by molar-refractivity contribution is 5.79. The summed E-state index contributed by atoms with van der Waals surface area (Å²) in [5.74, 6) is 1.82. The number of nitrogens with one attached hydrogen (secondary N) is 2. The van der Waals surface area contributed by atoms with Gasteiger partial charge in [0.1, 0.15) is 5.82 Å². The molecule has 0 amide bonds. The van der Waals surface area contributed by atoms with Crippen molar-refractivity contribution >= 4 is 11.8 Å². The lowest BCUT2D eigenvalue weighted by Gasteiger charge is -2.32. The second-order valence-corrected chi connectivity index (χ2v) is 9.20. The van der Waals surface area contributed by atoms with Crippen LogP contribution in [0.15, 0.2) is 47.6 Å². The fraction of sp³-hybridized carbons (Fsp3) is 0.520. The molecule has 0 saturated carbocycles. The Balaban J connectivity index is 1.47. The van der Waals surface area contributed by atoms with Crippen molar-refractivity contribution in [2.75, 3.05) is 38.2 Å². The molecule has 1 unspecified atom stereocenters. The van der Waals surface area contributed by atoms with Gasteiger partial charge in [-0.2, -0.15) is 0 Å². The Kier molecular flexibility index (Phi) is 7.91. The number of anilines is 1. The van der Waals surface area contributed by atoms with Crippen LogP contribution >= 0.6 is 0 Å². The predicted octanol–water partition coefficient (Wildman–Crippen LogP) is 3.51. The van der Waals surface area contributed by atoms with Gasteiger partial charge in [0, 0.05) is 39.4 Å². The Morgan fingerprint density at radius 1 is 1.16 bits per heavy atom. The number of morpholine rings is 1. The van der Waals surface area contributed by atoms with Crippen molar-refractivity contribution < 1.29 is 4.74 Å². The lowest BCUT2D eigenvalue weighted by Crippen LogP contribution is -2.41. The topological polar surface area (TPSA) is 61.8 Å². The number of hydrogen-bond donors (Lipinski definition) is 2. The molecule has 2 aromatic rings. The zero-order chi connectivity index (χ0) is 22.3. The highest BCUT2D eigenvalue weighted by Gasteiger charge is 2.18. The molecule has 6 nitrogen and oxygen atoms in total. The average Bonchev–Trinajstić information content (AvgIpc) is 2.76. The molecular formula is C25H37N5O. The van der Waals surface area contributed by atoms with Crippen LogP contribution in [0.2, 0.25) is 0 Å². The second-order valence-electron chi connectivity index (χ2n) is 9.20. The number of pyridine rings is 1. The highest BCUT2D eigenvalue weighted by atomic mass is 16.5. The standard InChI is InChI=1S/C25H37N5O/c1-19-18-30(14-15-31-19)23-16-21(11-12-27-23)17-29-24(26-5)28-13-10-20-6-8-22(9-7-20)25(2,3)4/h6-9,11-12,16,19H,10,13-15,17-18H2,1-5H3,(H2,26,28,29). The molecule has 0 bridgehead atoms. The van der Waals surface area contributed by atoms with E-state index in [1.165, 1.54) is 16.7 Å². The first-order chi connectivity index (χ1) is 14.8. The van der Waals surface area contributed by atoms with Gasteiger partial charge in [-0.25, -0.2) is 4.98 Å². The number of aliphatic imine (C=N–C) groups is 1. The van der Waals surface area contributed by atoms with E-state index in [2.05, 4.69) is 83.5 Å². The smallest absolute Gasteiger partial charge is 0.191 e. The number of nitrogens with zero attached hydrogens (tertiary/aromatic N) is 3. The van der Waals surface area contributed by atoms with E-state index in [0.29, 0.717) is 6.54 Å². The Morgan fingerprint density at radius 3 is 2.61 bits per heavy atom. The fourth-order valence-corrected chi connectivity index (χ4v) is 3.67. The summed E-state index contributed by atoms with van der Waals surface area (Å²) in [5.41, 5.74) is 4.07. The van der Waals surface area contributed by atoms with Gasteiger partial charge in [0.05, 0.1) is 12.7 Å². The van der Waals surface area contributed by atoms with Crippen molar-refractivity contribution in [1.29, 1.82) is 0 Å². The zero-order valence-electron chi connectivity index (χ0n) is 19.6. The lowest BCUT2D eigenvalue weighted by molar-refractivity contribution is 0.0529. The molecule has 6 heteroatoms. The van der Waals surface area contributed by atoms with Crippen LogP contribution in [-0.2, 0) is 23.1 Å². The molecule has 1 aliphatic rings. The van der Waals surface area contributed by atoms with Gasteiger partial charge in [-0.05, 0) is 47.6 Å². The van der Waals surface area contributed by atoms with Crippen LogP contribution in [0.1, 0.15) is 44.4 Å². The van der Waals surface area contributed by atoms with E-state index in [-0.39, 0.29) is 11.5 Å². The molecule has 0 aliphatic carbocycles. The number of hydrogen-bond acceptors (Lipinski definition) is 4. The Morgan fingerprint density at radius 2 is 1.94 bits per heavy atom. The molecule has 1 fully saturated rings. The van der Waals surface area contributed by atoms with Crippen molar-refractivity contribution in [2.45, 2.75) is 52.2 Å². The third-order valence-corrected chi connectivity index (χ3v) is 5.58. The molecule has 0 spiro atoms. The maximum atomic E-state index is 5.64. The summed E-state index contributed by atoms with van der Waals surface area (Å²) in [4.78, 5) is 11.2. The lowest BCUT2D eigenvalue weighted by atomic mass is 9.86. The first-order valence-corrected chi connectivity index (χ1v) is 11.2. The SMILES string of the molecule is CN=C(NCCc1ccc(C(C)(C)C)cc1)NCc1ccnc(N2CCOC(C)C2)c1. The van der Waals surface area contributed by atoms with Crippen LogP contribution in [0.4, 0.5) is 5.82 Å². The molecule has 2 N–H and O–H groups in total. The van der Waals surface area contributed by atoms with E-state index >= 15 is 0 Å². The number of aromatic nitrogens is 1. The molecular weight excluding hydrogens is 386 g/mol. The minimum Gasteiger partial charge on any atom is -0.375 e. The zero-order valence-corrected chi connectivity index (χ0v) is 19.6. The number of rotatable bonds is 6. The highest BCUT2D eigenvalue weighted by Crippen LogP contribution is 2.22. The van der Waals surface area contributed by atoms with Gasteiger partial charge in [0.2, 0.25) is 0 Å². The van der Waals surface area contributed by atoms with Gasteiger partial charge >= 0.3 is 0 Å². The van der Waals surface area contributed by atoms with E-state index in [9.17, 15) is 0 Å². The largest absolute Gasteiger partial charge is 0.375 e. The molecule has 1 aromatic carbocycles. The van der Waals surface area contributed by atoms with E-state index < -0.39 is 0 Å². The maximum Gasteiger partial charge on any atom is 0.191 e. The molecule has 1 aromatic heterocycles. The number of benzene rings is 1. The molecule has 1 atom stereocenters. The summed E-state index contributed by atoms with van der Waals surface area (Å²) in [7, 11) is 1.81. The van der Waals surface area contributed by atoms with Gasteiger partial charge in [-0.15, -0.1) is 0 Å². The monoisotopic (exact) mass is 423 g/mol. The molecule has 0 radical (unpaired) electrons. The van der Waals surface area contributed by atoms with Crippen LogP contribution < -0.4 is 15.5 Å². The second kappa shape index (κ2) is 10.6. The molecule has 31 heavy (non-hydrogen) atoms. The van der Waals surface area contributed by atoms with Crippen LogP contribution in [0.25, 0.3) is 0 Å². The van der Waals surface area contributed by atoms with Crippen molar-refractivity contribution in [1.82, 2.24) is 15.6 Å². The quantitative estimate of drug-likeness (QED) is 0.550. The first kappa shape index (κ1) is 23.1. The van der Waals surface area contributed by atoms with Crippen molar-refractivity contribution in [3.05, 3.63) is 59.3 Å². The summed E-state index contributed by atoms with van der Waals surface area (Å²) < 4.78 is 5.64. The number of guanidine groups is 1. The van der Waals surface area contributed by atoms with Crippen molar-refractivity contribution in [2.24, 2.45) is 4.99 Å². The van der Waals surface area contributed by atoms with Crippen molar-refractivity contribution in [3.8, 4) is 0 Å². The van der Waals surface area contributed by atoms with Crippen LogP contribution in [0.5, 0.6) is 0 Å². The minimum atomic E-state index is 0.190. The van der Waals surface area contributed by atoms with Gasteiger partial charge in [0.25, 0.3) is 0 Å². The van der Waals surface area contributed by atoms with Crippen LogP contribution in [0.3, 0.4) is 0 Å². The molecule has 1 aliphatic heterocycles. The predicted molar refractivity (Wildman–Crippen MR) is 129 cm³/mol. The van der Waals surface area contributed by atoms with Crippen LogP contribution in [-0.4, -0.2) is 50.3 Å². The summed E-state index contributed by atoms with van der Waals surface area (Å²) in [6.45, 7) is 12.9. The van der Waals surface area contributed by atoms with Gasteiger partial charge < -0.3 is 20.3 Å². The summed E-state index contributed by atoms with van der Waals surface area (Å²) in [5, 5.41) is 6.82. The number of ether oxygens (including phenoxy) is 1. The van der Waals surface area contributed by atoms with E-state index in [0.717, 1.165) is 44.4 Å². The van der Waals surface area contributed by atoms with Gasteiger partial charge in [0.15, 0.2) is 5.96 Å². The van der Waals surface area contributed by atoms with Crippen LogP contribution in [0, 0.1) is 0 Å². The fourth-order valence-electron chi connectivity index (χ4n) is 3.67. The van der Waals surface area contributed by atoms with E-state index in [4.69, 9.17) is 4.74 Å². The normalized spacial score (nSPS) is 17.5. The first-order valence-electron chi connectivity index (χ1n) is 11.2. The summed E-state index contributed by atoms with van der Waals surface area (Å²) in [6, 6.07) is 13.1. The van der Waals surface area contributed by atoms with Crippen molar-refractivity contribution in [3.63, 3.8) is 0 Å². The summed E-state index contributed by atoms with van der Waals surface area (Å²) >= 11 is 0.